The molecular formula is C11H8F12. The minimum atomic E-state index is -7.17. The van der Waals surface area contributed by atoms with Crippen LogP contribution in [-0.2, 0) is 0 Å². The van der Waals surface area contributed by atoms with Gasteiger partial charge in [-0.2, -0.15) is 39.5 Å². The summed E-state index contributed by atoms with van der Waals surface area (Å²) in [5, 5.41) is 0. The van der Waals surface area contributed by atoms with Crippen LogP contribution in [0.5, 0.6) is 0 Å². The second-order valence-corrected chi connectivity index (χ2v) is 4.98. The molecule has 0 aromatic carbocycles. The number of rotatable bonds is 3. The molecule has 0 N–H and O–H groups in total. The van der Waals surface area contributed by atoms with E-state index in [-0.39, 0.29) is 6.42 Å². The van der Waals surface area contributed by atoms with Gasteiger partial charge in [-0.1, -0.05) is 0 Å². The van der Waals surface area contributed by atoms with Gasteiger partial charge in [0.1, 0.15) is 0 Å². The lowest BCUT2D eigenvalue weighted by molar-refractivity contribution is -0.362. The first-order chi connectivity index (χ1) is 10.0. The van der Waals surface area contributed by atoms with E-state index in [0.717, 1.165) is 6.42 Å². The van der Waals surface area contributed by atoms with Gasteiger partial charge in [-0.25, -0.2) is 13.2 Å². The van der Waals surface area contributed by atoms with Crippen molar-refractivity contribution < 1.29 is 52.7 Å². The average molecular weight is 368 g/mol. The Bertz CT molecular complexity index is 398. The van der Waals surface area contributed by atoms with Gasteiger partial charge >= 0.3 is 24.2 Å². The number of hydrogen-bond donors (Lipinski definition) is 0. The van der Waals surface area contributed by atoms with Crippen molar-refractivity contribution in [1.82, 2.24) is 0 Å². The lowest BCUT2D eigenvalue weighted by Gasteiger charge is -2.41. The molecule has 2 radical (unpaired) electrons. The van der Waals surface area contributed by atoms with Crippen LogP contribution < -0.4 is 0 Å². The molecule has 136 valence electrons. The van der Waals surface area contributed by atoms with Crippen LogP contribution in [0.25, 0.3) is 0 Å². The van der Waals surface area contributed by atoms with Gasteiger partial charge in [-0.05, 0) is 25.7 Å². The maximum absolute atomic E-state index is 14.2. The zero-order valence-electron chi connectivity index (χ0n) is 10.8. The van der Waals surface area contributed by atoms with Gasteiger partial charge in [-0.3, -0.25) is 0 Å². The third kappa shape index (κ3) is 2.97. The Labute approximate surface area is 121 Å². The predicted molar refractivity (Wildman–Crippen MR) is 51.8 cm³/mol. The number of alkyl halides is 11. The minimum absolute atomic E-state index is 0.295. The molecule has 0 aromatic heterocycles. The standard InChI is InChI=1S/C11H8F12/c12-6(8(14,10(18,19)20)11(21,22)23)7(13,9(15,16)17)5-3-1-2-4-5/h1,5H,2-4H2. The molecule has 1 saturated carbocycles. The summed E-state index contributed by atoms with van der Waals surface area (Å²) < 4.78 is 154. The third-order valence-electron chi connectivity index (χ3n) is 3.55. The highest BCUT2D eigenvalue weighted by Gasteiger charge is 2.85. The van der Waals surface area contributed by atoms with Crippen LogP contribution in [0.1, 0.15) is 19.3 Å². The molecule has 12 heteroatoms. The van der Waals surface area contributed by atoms with Gasteiger partial charge < -0.3 is 0 Å². The van der Waals surface area contributed by atoms with Crippen molar-refractivity contribution in [2.45, 2.75) is 49.1 Å². The van der Waals surface area contributed by atoms with Gasteiger partial charge in [0.2, 0.25) is 11.8 Å². The second kappa shape index (κ2) is 5.61. The van der Waals surface area contributed by atoms with Crippen LogP contribution in [-0.4, -0.2) is 29.9 Å². The molecule has 23 heavy (non-hydrogen) atoms. The van der Waals surface area contributed by atoms with Crippen molar-refractivity contribution >= 4 is 0 Å². The van der Waals surface area contributed by atoms with E-state index in [9.17, 15) is 52.7 Å². The molecule has 0 amide bonds. The summed E-state index contributed by atoms with van der Waals surface area (Å²) in [6.45, 7) is 0. The van der Waals surface area contributed by atoms with E-state index in [1.54, 1.807) is 0 Å². The van der Waals surface area contributed by atoms with E-state index in [0.29, 0.717) is 0 Å². The van der Waals surface area contributed by atoms with Crippen LogP contribution in [0.3, 0.4) is 0 Å². The van der Waals surface area contributed by atoms with Crippen LogP contribution in [0.2, 0.25) is 0 Å². The van der Waals surface area contributed by atoms with Crippen molar-refractivity contribution in [2.24, 2.45) is 5.92 Å². The Hall–Kier alpha value is -0.840. The Morgan fingerprint density at radius 2 is 1.17 bits per heavy atom. The zero-order chi connectivity index (χ0) is 18.5. The summed E-state index contributed by atoms with van der Waals surface area (Å²) in [4.78, 5) is 0. The molecule has 1 aliphatic carbocycles. The molecule has 2 atom stereocenters. The highest BCUT2D eigenvalue weighted by molar-refractivity contribution is 5.25. The molecule has 1 aliphatic rings. The molecule has 0 heterocycles. The van der Waals surface area contributed by atoms with Crippen LogP contribution in [0.15, 0.2) is 0 Å². The predicted octanol–water partition coefficient (Wildman–Crippen LogP) is 5.60. The fraction of sp³-hybridized carbons (Fsp3) is 0.818. The van der Waals surface area contributed by atoms with E-state index in [2.05, 4.69) is 0 Å². The maximum Gasteiger partial charge on any atom is 0.435 e. The highest BCUT2D eigenvalue weighted by atomic mass is 19.4. The van der Waals surface area contributed by atoms with Crippen LogP contribution in [0.4, 0.5) is 52.7 Å². The molecule has 0 spiro atoms. The summed E-state index contributed by atoms with van der Waals surface area (Å²) >= 11 is 0. The summed E-state index contributed by atoms with van der Waals surface area (Å²) in [5.41, 5.74) is -12.8. The topological polar surface area (TPSA) is 0 Å². The van der Waals surface area contributed by atoms with E-state index >= 15 is 0 Å². The van der Waals surface area contributed by atoms with Crippen molar-refractivity contribution in [3.8, 4) is 0 Å². The number of halogens is 12. The van der Waals surface area contributed by atoms with Crippen LogP contribution >= 0.6 is 0 Å². The van der Waals surface area contributed by atoms with Crippen LogP contribution in [0, 0.1) is 18.5 Å². The lowest BCUT2D eigenvalue weighted by Crippen LogP contribution is -2.65. The first-order valence-corrected chi connectivity index (χ1v) is 5.94. The Balaban J connectivity index is 3.51. The van der Waals surface area contributed by atoms with Gasteiger partial charge in [0, 0.05) is 5.92 Å². The van der Waals surface area contributed by atoms with E-state index in [1.807, 2.05) is 0 Å². The Kier molecular flexibility index (Phi) is 4.93. The van der Waals surface area contributed by atoms with Crippen molar-refractivity contribution in [3.63, 3.8) is 0 Å². The fourth-order valence-electron chi connectivity index (χ4n) is 2.31. The van der Waals surface area contributed by atoms with Gasteiger partial charge in [0.25, 0.3) is 0 Å². The first kappa shape index (κ1) is 20.2. The summed E-state index contributed by atoms with van der Waals surface area (Å²) in [7, 11) is 0. The Morgan fingerprint density at radius 1 is 0.739 bits per heavy atom. The maximum atomic E-state index is 14.2. The molecule has 1 fully saturated rings. The normalized spacial score (nSPS) is 21.8. The monoisotopic (exact) mass is 368 g/mol. The van der Waals surface area contributed by atoms with Gasteiger partial charge in [0.05, 0.1) is 0 Å². The zero-order valence-corrected chi connectivity index (χ0v) is 10.8. The molecule has 0 nitrogen and oxygen atoms in total. The van der Waals surface area contributed by atoms with E-state index in [4.69, 9.17) is 0 Å². The smallest absolute Gasteiger partial charge is 0.232 e. The SMILES string of the molecule is F[C](C(F)(C1C[CH]CC1)C(F)(F)F)C(F)(C(F)(F)F)C(F)(F)F. The van der Waals surface area contributed by atoms with Crippen molar-refractivity contribution in [2.75, 3.05) is 0 Å². The fourth-order valence-corrected chi connectivity index (χ4v) is 2.31. The third-order valence-corrected chi connectivity index (χ3v) is 3.55. The molecular weight excluding hydrogens is 360 g/mol. The van der Waals surface area contributed by atoms with E-state index in [1.165, 1.54) is 0 Å². The van der Waals surface area contributed by atoms with Gasteiger partial charge in [-0.15, -0.1) is 0 Å². The number of hydrogen-bond acceptors (Lipinski definition) is 0. The van der Waals surface area contributed by atoms with E-state index < -0.39 is 54.8 Å². The molecule has 2 unspecified atom stereocenters. The molecule has 0 aliphatic heterocycles. The first-order valence-electron chi connectivity index (χ1n) is 5.94. The summed E-state index contributed by atoms with van der Waals surface area (Å²) in [6.07, 6.45) is -26.5. The second-order valence-electron chi connectivity index (χ2n) is 4.98. The lowest BCUT2D eigenvalue weighted by atomic mass is 9.76. The summed E-state index contributed by atoms with van der Waals surface area (Å²) in [5.74, 6) is -2.62. The molecule has 0 bridgehead atoms. The average Bonchev–Trinajstić information content (AvgIpc) is 2.85. The van der Waals surface area contributed by atoms with Crippen molar-refractivity contribution in [3.05, 3.63) is 12.6 Å². The quantitative estimate of drug-likeness (QED) is 0.570. The highest BCUT2D eigenvalue weighted by Crippen LogP contribution is 2.62. The molecule has 0 saturated heterocycles. The molecule has 0 aromatic rings. The van der Waals surface area contributed by atoms with Crippen molar-refractivity contribution in [1.29, 1.82) is 0 Å². The molecule has 1 rings (SSSR count). The van der Waals surface area contributed by atoms with Gasteiger partial charge in [0.15, 0.2) is 0 Å². The summed E-state index contributed by atoms with van der Waals surface area (Å²) in [6, 6.07) is 0. The largest absolute Gasteiger partial charge is 0.435 e. The minimum Gasteiger partial charge on any atom is -0.232 e. The Morgan fingerprint density at radius 3 is 1.43 bits per heavy atom.